The fourth-order valence-electron chi connectivity index (χ4n) is 3.18. The molecule has 0 aromatic heterocycles. The van der Waals surface area contributed by atoms with Crippen molar-refractivity contribution in [3.63, 3.8) is 0 Å². The summed E-state index contributed by atoms with van der Waals surface area (Å²) in [5, 5.41) is 3.60. The maximum Gasteiger partial charge on any atom is 0.119 e. The molecule has 2 heteroatoms. The normalized spacial score (nSPS) is 17.6. The Labute approximate surface area is 130 Å². The molecule has 1 aromatic carbocycles. The Morgan fingerprint density at radius 1 is 1.10 bits per heavy atom. The predicted octanol–water partition coefficient (Wildman–Crippen LogP) is 5.10. The zero-order chi connectivity index (χ0) is 14.9. The average Bonchev–Trinajstić information content (AvgIpc) is 2.56. The summed E-state index contributed by atoms with van der Waals surface area (Å²) >= 11 is 0. The van der Waals surface area contributed by atoms with Crippen LogP contribution in [-0.2, 0) is 0 Å². The van der Waals surface area contributed by atoms with Crippen molar-refractivity contribution in [2.24, 2.45) is 5.92 Å². The molecule has 0 spiro atoms. The predicted molar refractivity (Wildman–Crippen MR) is 89.8 cm³/mol. The van der Waals surface area contributed by atoms with Gasteiger partial charge in [0.15, 0.2) is 0 Å². The quantitative estimate of drug-likeness (QED) is 0.719. The van der Waals surface area contributed by atoms with Gasteiger partial charge in [-0.2, -0.15) is 0 Å². The highest BCUT2D eigenvalue weighted by Crippen LogP contribution is 2.25. The number of rotatable bonds is 8. The second kappa shape index (κ2) is 9.09. The number of hydrogen-bond acceptors (Lipinski definition) is 2. The van der Waals surface area contributed by atoms with Gasteiger partial charge in [-0.25, -0.2) is 0 Å². The van der Waals surface area contributed by atoms with Gasteiger partial charge in [-0.1, -0.05) is 45.2 Å². The van der Waals surface area contributed by atoms with Crippen molar-refractivity contribution < 1.29 is 4.74 Å². The standard InChI is InChI=1S/C19H31NO/c1-3-14-20-19(4-2)17-10-12-18(13-11-17)21-15-16-8-6-5-7-9-16/h10-13,16,19-20H,3-9,14-15H2,1-2H3. The summed E-state index contributed by atoms with van der Waals surface area (Å²) in [5.41, 5.74) is 1.37. The lowest BCUT2D eigenvalue weighted by atomic mass is 9.90. The first-order valence-corrected chi connectivity index (χ1v) is 8.79. The smallest absolute Gasteiger partial charge is 0.119 e. The van der Waals surface area contributed by atoms with Gasteiger partial charge < -0.3 is 10.1 Å². The Kier molecular flexibility index (Phi) is 7.08. The Hall–Kier alpha value is -1.02. The van der Waals surface area contributed by atoms with E-state index in [2.05, 4.69) is 43.4 Å². The van der Waals surface area contributed by atoms with Crippen molar-refractivity contribution in [3.05, 3.63) is 29.8 Å². The van der Waals surface area contributed by atoms with Gasteiger partial charge in [0.05, 0.1) is 6.61 Å². The molecule has 1 aliphatic carbocycles. The van der Waals surface area contributed by atoms with Crippen LogP contribution in [-0.4, -0.2) is 13.2 Å². The molecule has 0 amide bonds. The minimum Gasteiger partial charge on any atom is -0.493 e. The summed E-state index contributed by atoms with van der Waals surface area (Å²) in [5.74, 6) is 1.79. The Balaban J connectivity index is 1.82. The van der Waals surface area contributed by atoms with Crippen LogP contribution in [0.15, 0.2) is 24.3 Å². The summed E-state index contributed by atoms with van der Waals surface area (Å²) in [6.07, 6.45) is 9.17. The molecule has 0 radical (unpaired) electrons. The highest BCUT2D eigenvalue weighted by atomic mass is 16.5. The Morgan fingerprint density at radius 3 is 2.43 bits per heavy atom. The molecule has 0 heterocycles. The topological polar surface area (TPSA) is 21.3 Å². The molecule has 0 aliphatic heterocycles. The van der Waals surface area contributed by atoms with E-state index in [0.717, 1.165) is 31.2 Å². The van der Waals surface area contributed by atoms with Crippen molar-refractivity contribution in [2.45, 2.75) is 64.8 Å². The van der Waals surface area contributed by atoms with E-state index in [-0.39, 0.29) is 0 Å². The van der Waals surface area contributed by atoms with Gasteiger partial charge in [0.1, 0.15) is 5.75 Å². The molecule has 0 bridgehead atoms. The molecule has 1 aromatic rings. The van der Waals surface area contributed by atoms with Crippen LogP contribution >= 0.6 is 0 Å². The second-order valence-electron chi connectivity index (χ2n) is 6.30. The molecular formula is C19H31NO. The van der Waals surface area contributed by atoms with Gasteiger partial charge in [0.25, 0.3) is 0 Å². The first kappa shape index (κ1) is 16.4. The SMILES string of the molecule is CCCNC(CC)c1ccc(OCC2CCCCC2)cc1. The lowest BCUT2D eigenvalue weighted by Gasteiger charge is -2.22. The Bertz CT molecular complexity index is 381. The van der Waals surface area contributed by atoms with Gasteiger partial charge >= 0.3 is 0 Å². The van der Waals surface area contributed by atoms with Crippen LogP contribution < -0.4 is 10.1 Å². The number of hydrogen-bond donors (Lipinski definition) is 1. The monoisotopic (exact) mass is 289 g/mol. The third-order valence-corrected chi connectivity index (χ3v) is 4.54. The van der Waals surface area contributed by atoms with E-state index in [9.17, 15) is 0 Å². The zero-order valence-corrected chi connectivity index (χ0v) is 13.7. The van der Waals surface area contributed by atoms with Crippen LogP contribution in [0.4, 0.5) is 0 Å². The number of ether oxygens (including phenoxy) is 1. The van der Waals surface area contributed by atoms with E-state index in [1.165, 1.54) is 44.1 Å². The van der Waals surface area contributed by atoms with Crippen molar-refractivity contribution in [1.29, 1.82) is 0 Å². The molecule has 2 nitrogen and oxygen atoms in total. The molecule has 1 N–H and O–H groups in total. The fraction of sp³-hybridized carbons (Fsp3) is 0.684. The first-order valence-electron chi connectivity index (χ1n) is 8.79. The van der Waals surface area contributed by atoms with E-state index in [0.29, 0.717) is 6.04 Å². The minimum absolute atomic E-state index is 0.470. The molecule has 118 valence electrons. The van der Waals surface area contributed by atoms with Crippen LogP contribution in [0, 0.1) is 5.92 Å². The number of benzene rings is 1. The third kappa shape index (κ3) is 5.35. The van der Waals surface area contributed by atoms with Crippen LogP contribution in [0.2, 0.25) is 0 Å². The van der Waals surface area contributed by atoms with Gasteiger partial charge in [0.2, 0.25) is 0 Å². The molecule has 1 aliphatic rings. The van der Waals surface area contributed by atoms with Crippen LogP contribution in [0.5, 0.6) is 5.75 Å². The third-order valence-electron chi connectivity index (χ3n) is 4.54. The molecule has 1 fully saturated rings. The summed E-state index contributed by atoms with van der Waals surface area (Å²) in [7, 11) is 0. The van der Waals surface area contributed by atoms with E-state index >= 15 is 0 Å². The first-order chi connectivity index (χ1) is 10.3. The molecule has 0 saturated heterocycles. The Morgan fingerprint density at radius 2 is 1.81 bits per heavy atom. The number of nitrogens with one attached hydrogen (secondary N) is 1. The molecule has 21 heavy (non-hydrogen) atoms. The average molecular weight is 289 g/mol. The van der Waals surface area contributed by atoms with Crippen LogP contribution in [0.1, 0.15) is 70.4 Å². The van der Waals surface area contributed by atoms with Crippen LogP contribution in [0.25, 0.3) is 0 Å². The highest BCUT2D eigenvalue weighted by Gasteiger charge is 2.14. The lowest BCUT2D eigenvalue weighted by Crippen LogP contribution is -2.21. The summed E-state index contributed by atoms with van der Waals surface area (Å²) < 4.78 is 5.97. The molecule has 1 atom stereocenters. The second-order valence-corrected chi connectivity index (χ2v) is 6.30. The maximum atomic E-state index is 5.97. The fourth-order valence-corrected chi connectivity index (χ4v) is 3.18. The van der Waals surface area contributed by atoms with E-state index in [4.69, 9.17) is 4.74 Å². The van der Waals surface area contributed by atoms with Crippen molar-refractivity contribution >= 4 is 0 Å². The van der Waals surface area contributed by atoms with Gasteiger partial charge in [-0.15, -0.1) is 0 Å². The molecule has 2 rings (SSSR count). The lowest BCUT2D eigenvalue weighted by molar-refractivity contribution is 0.209. The van der Waals surface area contributed by atoms with Gasteiger partial charge in [-0.05, 0) is 55.8 Å². The highest BCUT2D eigenvalue weighted by molar-refractivity contribution is 5.29. The maximum absolute atomic E-state index is 5.97. The summed E-state index contributed by atoms with van der Waals surface area (Å²) in [6, 6.07) is 9.17. The van der Waals surface area contributed by atoms with E-state index in [1.54, 1.807) is 0 Å². The summed E-state index contributed by atoms with van der Waals surface area (Å²) in [6.45, 7) is 6.42. The van der Waals surface area contributed by atoms with Crippen LogP contribution in [0.3, 0.4) is 0 Å². The van der Waals surface area contributed by atoms with Crippen molar-refractivity contribution in [1.82, 2.24) is 5.32 Å². The van der Waals surface area contributed by atoms with Gasteiger partial charge in [0, 0.05) is 6.04 Å². The van der Waals surface area contributed by atoms with Crippen molar-refractivity contribution in [2.75, 3.05) is 13.2 Å². The van der Waals surface area contributed by atoms with Crippen molar-refractivity contribution in [3.8, 4) is 5.75 Å². The summed E-state index contributed by atoms with van der Waals surface area (Å²) in [4.78, 5) is 0. The largest absolute Gasteiger partial charge is 0.493 e. The van der Waals surface area contributed by atoms with E-state index in [1.807, 2.05) is 0 Å². The zero-order valence-electron chi connectivity index (χ0n) is 13.7. The van der Waals surface area contributed by atoms with Gasteiger partial charge in [-0.3, -0.25) is 0 Å². The van der Waals surface area contributed by atoms with E-state index < -0.39 is 0 Å². The minimum atomic E-state index is 0.470. The molecule has 1 saturated carbocycles. The molecule has 1 unspecified atom stereocenters. The molecular weight excluding hydrogens is 258 g/mol.